The van der Waals surface area contributed by atoms with Gasteiger partial charge in [0.15, 0.2) is 0 Å². The summed E-state index contributed by atoms with van der Waals surface area (Å²) < 4.78 is 26.4. The quantitative estimate of drug-likeness (QED) is 0.661. The van der Waals surface area contributed by atoms with Crippen molar-refractivity contribution in [3.63, 3.8) is 0 Å². The maximum Gasteiger partial charge on any atom is 0.252 e. The predicted molar refractivity (Wildman–Crippen MR) is 44.2 cm³/mol. The van der Waals surface area contributed by atoms with Gasteiger partial charge in [-0.15, -0.1) is 0 Å². The highest BCUT2D eigenvalue weighted by molar-refractivity contribution is 4.81. The minimum atomic E-state index is -2.51. The average molecular weight is 178 g/mol. The van der Waals surface area contributed by atoms with Crippen LogP contribution in [0.5, 0.6) is 0 Å². The lowest BCUT2D eigenvalue weighted by atomic mass is 9.93. The molecule has 0 aromatic carbocycles. The third kappa shape index (κ3) is 2.38. The summed E-state index contributed by atoms with van der Waals surface area (Å²) in [6, 6.07) is 0. The Morgan fingerprint density at radius 2 is 2.17 bits per heavy atom. The topological polar surface area (TPSA) is 38.0 Å². The van der Waals surface area contributed by atoms with Gasteiger partial charge in [0.25, 0.3) is 5.92 Å². The summed E-state index contributed by atoms with van der Waals surface area (Å²) in [6.45, 7) is 1.48. The van der Waals surface area contributed by atoms with E-state index in [0.29, 0.717) is 32.5 Å². The lowest BCUT2D eigenvalue weighted by Gasteiger charge is -2.23. The van der Waals surface area contributed by atoms with Crippen LogP contribution in [-0.4, -0.2) is 25.6 Å². The molecule has 0 aromatic rings. The van der Waals surface area contributed by atoms with Crippen LogP contribution >= 0.6 is 0 Å². The maximum atomic E-state index is 13.2. The van der Waals surface area contributed by atoms with E-state index in [2.05, 4.69) is 5.32 Å². The molecule has 4 heteroatoms. The normalized spacial score (nSPS) is 29.8. The van der Waals surface area contributed by atoms with Crippen LogP contribution in [0.25, 0.3) is 0 Å². The van der Waals surface area contributed by atoms with Crippen molar-refractivity contribution in [1.29, 1.82) is 0 Å². The standard InChI is InChI=1S/C8H16F2N2/c9-8(10)3-6-12-5-2-7(8)1-4-11/h7,12H,1-6,11H2. The first-order chi connectivity index (χ1) is 5.67. The molecule has 0 radical (unpaired) electrons. The van der Waals surface area contributed by atoms with Crippen LogP contribution in [0.1, 0.15) is 19.3 Å². The van der Waals surface area contributed by atoms with Crippen molar-refractivity contribution in [2.24, 2.45) is 11.7 Å². The molecule has 0 aromatic heterocycles. The van der Waals surface area contributed by atoms with Crippen molar-refractivity contribution in [3.05, 3.63) is 0 Å². The Hall–Kier alpha value is -0.220. The van der Waals surface area contributed by atoms with Crippen LogP contribution < -0.4 is 11.1 Å². The van der Waals surface area contributed by atoms with Crippen LogP contribution in [0, 0.1) is 5.92 Å². The smallest absolute Gasteiger partial charge is 0.252 e. The molecule has 1 aliphatic heterocycles. The second-order valence-electron chi connectivity index (χ2n) is 3.32. The van der Waals surface area contributed by atoms with Gasteiger partial charge in [0.2, 0.25) is 0 Å². The predicted octanol–water partition coefficient (Wildman–Crippen LogP) is 0.970. The van der Waals surface area contributed by atoms with Gasteiger partial charge < -0.3 is 11.1 Å². The Balaban J connectivity index is 2.52. The number of alkyl halides is 2. The minimum Gasteiger partial charge on any atom is -0.330 e. The fourth-order valence-electron chi connectivity index (χ4n) is 1.63. The third-order valence-electron chi connectivity index (χ3n) is 2.42. The number of hydrogen-bond donors (Lipinski definition) is 2. The van der Waals surface area contributed by atoms with Gasteiger partial charge in [0.1, 0.15) is 0 Å². The summed E-state index contributed by atoms with van der Waals surface area (Å²) in [5.41, 5.74) is 5.28. The first kappa shape index (κ1) is 9.86. The molecule has 1 atom stereocenters. The first-order valence-electron chi connectivity index (χ1n) is 4.45. The molecule has 0 aliphatic carbocycles. The summed E-state index contributed by atoms with van der Waals surface area (Å²) in [7, 11) is 0. The van der Waals surface area contributed by atoms with Gasteiger partial charge in [0, 0.05) is 18.9 Å². The highest BCUT2D eigenvalue weighted by Crippen LogP contribution is 2.33. The SMILES string of the molecule is NCCC1CCNCCC1(F)F. The third-order valence-corrected chi connectivity index (χ3v) is 2.42. The van der Waals surface area contributed by atoms with Crippen molar-refractivity contribution >= 4 is 0 Å². The van der Waals surface area contributed by atoms with E-state index in [9.17, 15) is 8.78 Å². The van der Waals surface area contributed by atoms with E-state index in [4.69, 9.17) is 5.73 Å². The molecular weight excluding hydrogens is 162 g/mol. The Labute approximate surface area is 71.5 Å². The monoisotopic (exact) mass is 178 g/mol. The molecule has 1 heterocycles. The summed E-state index contributed by atoms with van der Waals surface area (Å²) in [4.78, 5) is 0. The zero-order valence-electron chi connectivity index (χ0n) is 7.15. The van der Waals surface area contributed by atoms with Gasteiger partial charge in [-0.05, 0) is 25.9 Å². The largest absolute Gasteiger partial charge is 0.330 e. The molecule has 1 fully saturated rings. The van der Waals surface area contributed by atoms with Crippen molar-refractivity contribution in [2.45, 2.75) is 25.2 Å². The highest BCUT2D eigenvalue weighted by atomic mass is 19.3. The lowest BCUT2D eigenvalue weighted by molar-refractivity contribution is -0.0623. The molecule has 0 saturated carbocycles. The molecule has 0 bridgehead atoms. The van der Waals surface area contributed by atoms with E-state index in [1.807, 2.05) is 0 Å². The fourth-order valence-corrected chi connectivity index (χ4v) is 1.63. The van der Waals surface area contributed by atoms with Gasteiger partial charge >= 0.3 is 0 Å². The zero-order chi connectivity index (χ0) is 9.03. The average Bonchev–Trinajstić information content (AvgIpc) is 2.15. The second-order valence-corrected chi connectivity index (χ2v) is 3.32. The molecule has 72 valence electrons. The number of halogens is 2. The molecule has 1 saturated heterocycles. The number of nitrogens with two attached hydrogens (primary N) is 1. The van der Waals surface area contributed by atoms with Gasteiger partial charge in [-0.25, -0.2) is 8.78 Å². The van der Waals surface area contributed by atoms with E-state index < -0.39 is 11.8 Å². The Kier molecular flexibility index (Phi) is 3.40. The minimum absolute atomic E-state index is 0.0440. The molecule has 2 nitrogen and oxygen atoms in total. The van der Waals surface area contributed by atoms with E-state index in [0.717, 1.165) is 0 Å². The summed E-state index contributed by atoms with van der Waals surface area (Å²) in [5, 5.41) is 2.97. The van der Waals surface area contributed by atoms with Crippen molar-refractivity contribution in [1.82, 2.24) is 5.32 Å². The van der Waals surface area contributed by atoms with E-state index >= 15 is 0 Å². The Morgan fingerprint density at radius 1 is 1.42 bits per heavy atom. The molecule has 0 amide bonds. The van der Waals surface area contributed by atoms with Crippen molar-refractivity contribution < 1.29 is 8.78 Å². The Morgan fingerprint density at radius 3 is 2.83 bits per heavy atom. The van der Waals surface area contributed by atoms with Crippen LogP contribution in [0.2, 0.25) is 0 Å². The maximum absolute atomic E-state index is 13.2. The van der Waals surface area contributed by atoms with E-state index in [1.54, 1.807) is 0 Å². The van der Waals surface area contributed by atoms with Gasteiger partial charge in [-0.3, -0.25) is 0 Å². The van der Waals surface area contributed by atoms with Gasteiger partial charge in [-0.1, -0.05) is 0 Å². The van der Waals surface area contributed by atoms with Gasteiger partial charge in [0.05, 0.1) is 0 Å². The fraction of sp³-hybridized carbons (Fsp3) is 1.00. The summed E-state index contributed by atoms with van der Waals surface area (Å²) in [5.74, 6) is -3.03. The highest BCUT2D eigenvalue weighted by Gasteiger charge is 2.39. The molecule has 1 unspecified atom stereocenters. The van der Waals surface area contributed by atoms with E-state index in [1.165, 1.54) is 0 Å². The van der Waals surface area contributed by atoms with Gasteiger partial charge in [-0.2, -0.15) is 0 Å². The second kappa shape index (κ2) is 4.14. The zero-order valence-corrected chi connectivity index (χ0v) is 7.15. The molecule has 1 aliphatic rings. The van der Waals surface area contributed by atoms with Crippen LogP contribution in [0.4, 0.5) is 8.78 Å². The van der Waals surface area contributed by atoms with Crippen LogP contribution in [-0.2, 0) is 0 Å². The Bertz CT molecular complexity index is 139. The number of hydrogen-bond acceptors (Lipinski definition) is 2. The molecular formula is C8H16F2N2. The number of rotatable bonds is 2. The van der Waals surface area contributed by atoms with Crippen molar-refractivity contribution in [2.75, 3.05) is 19.6 Å². The molecule has 3 N–H and O–H groups in total. The number of nitrogens with one attached hydrogen (secondary N) is 1. The molecule has 12 heavy (non-hydrogen) atoms. The van der Waals surface area contributed by atoms with E-state index in [-0.39, 0.29) is 6.42 Å². The lowest BCUT2D eigenvalue weighted by Crippen LogP contribution is -2.29. The summed E-state index contributed by atoms with van der Waals surface area (Å²) >= 11 is 0. The summed E-state index contributed by atoms with van der Waals surface area (Å²) in [6.07, 6.45) is 0.941. The first-order valence-corrected chi connectivity index (χ1v) is 4.45. The van der Waals surface area contributed by atoms with Crippen LogP contribution in [0.15, 0.2) is 0 Å². The molecule has 0 spiro atoms. The molecule has 1 rings (SSSR count). The van der Waals surface area contributed by atoms with Crippen molar-refractivity contribution in [3.8, 4) is 0 Å². The van der Waals surface area contributed by atoms with Crippen LogP contribution in [0.3, 0.4) is 0 Å².